The Labute approximate surface area is 184 Å². The molecule has 1 aromatic heterocycles. The van der Waals surface area contributed by atoms with Crippen molar-refractivity contribution in [2.75, 3.05) is 18.5 Å². The predicted molar refractivity (Wildman–Crippen MR) is 124 cm³/mol. The van der Waals surface area contributed by atoms with E-state index in [4.69, 9.17) is 15.2 Å². The summed E-state index contributed by atoms with van der Waals surface area (Å²) in [6.07, 6.45) is 4.61. The van der Waals surface area contributed by atoms with Gasteiger partial charge in [0.15, 0.2) is 5.96 Å². The van der Waals surface area contributed by atoms with E-state index in [0.717, 1.165) is 37.1 Å². The van der Waals surface area contributed by atoms with Gasteiger partial charge in [0, 0.05) is 24.4 Å². The summed E-state index contributed by atoms with van der Waals surface area (Å²) in [5.41, 5.74) is 10.7. The Morgan fingerprint density at radius 2 is 2.04 bits per heavy atom. The molecule has 0 saturated carbocycles. The normalized spacial score (nSPS) is 16.5. The summed E-state index contributed by atoms with van der Waals surface area (Å²) in [7, 11) is 0. The van der Waals surface area contributed by atoms with Gasteiger partial charge in [0.05, 0.1) is 19.8 Å². The van der Waals surface area contributed by atoms with Crippen molar-refractivity contribution in [2.45, 2.75) is 45.8 Å². The van der Waals surface area contributed by atoms with E-state index < -0.39 is 0 Å². The maximum absolute atomic E-state index is 6.15. The van der Waals surface area contributed by atoms with Gasteiger partial charge in [0.2, 0.25) is 5.88 Å². The van der Waals surface area contributed by atoms with Crippen LogP contribution in [-0.2, 0) is 24.1 Å². The Morgan fingerprint density at radius 3 is 2.68 bits per heavy atom. The maximum atomic E-state index is 6.15. The second kappa shape index (κ2) is 11.2. The number of aryl methyl sites for hydroxylation is 2. The molecule has 3 rings (SSSR count). The van der Waals surface area contributed by atoms with Gasteiger partial charge in [0.25, 0.3) is 0 Å². The Balaban J connectivity index is 0.00000280. The molecule has 28 heavy (non-hydrogen) atoms. The molecule has 1 aliphatic heterocycles. The third kappa shape index (κ3) is 6.07. The lowest BCUT2D eigenvalue weighted by Gasteiger charge is -2.15. The van der Waals surface area contributed by atoms with E-state index in [1.165, 1.54) is 11.1 Å². The van der Waals surface area contributed by atoms with Crippen molar-refractivity contribution in [2.24, 2.45) is 10.7 Å². The van der Waals surface area contributed by atoms with Crippen LogP contribution in [-0.4, -0.2) is 30.3 Å². The van der Waals surface area contributed by atoms with E-state index in [1.807, 2.05) is 12.1 Å². The molecular formula is C21H29IN4O2. The number of aromatic nitrogens is 1. The van der Waals surface area contributed by atoms with Crippen LogP contribution in [0.5, 0.6) is 5.88 Å². The number of pyridine rings is 1. The van der Waals surface area contributed by atoms with Crippen LogP contribution in [0.4, 0.5) is 5.69 Å². The highest BCUT2D eigenvalue weighted by Crippen LogP contribution is 2.22. The fourth-order valence-electron chi connectivity index (χ4n) is 3.14. The van der Waals surface area contributed by atoms with Crippen LogP contribution in [0.2, 0.25) is 0 Å². The molecule has 0 amide bonds. The Kier molecular flexibility index (Phi) is 8.98. The number of nitrogens with zero attached hydrogens (tertiary/aromatic N) is 2. The predicted octanol–water partition coefficient (Wildman–Crippen LogP) is 3.92. The molecule has 1 aromatic carbocycles. The number of para-hydroxylation sites is 1. The Bertz CT molecular complexity index is 769. The van der Waals surface area contributed by atoms with Crippen LogP contribution in [0.25, 0.3) is 0 Å². The summed E-state index contributed by atoms with van der Waals surface area (Å²) in [5, 5.41) is 3.29. The van der Waals surface area contributed by atoms with Gasteiger partial charge in [0.1, 0.15) is 6.10 Å². The van der Waals surface area contributed by atoms with Gasteiger partial charge < -0.3 is 20.5 Å². The SMILES string of the molecule is CCc1cccc(CC)c1NC(N)=NCc1ccnc(OC2CCOC2)c1.I. The fraction of sp³-hybridized carbons (Fsp3) is 0.429. The van der Waals surface area contributed by atoms with Crippen molar-refractivity contribution in [3.8, 4) is 5.88 Å². The molecule has 0 spiro atoms. The molecular weight excluding hydrogens is 467 g/mol. The largest absolute Gasteiger partial charge is 0.472 e. The summed E-state index contributed by atoms with van der Waals surface area (Å²) in [5.74, 6) is 1.02. The number of ether oxygens (including phenoxy) is 2. The van der Waals surface area contributed by atoms with E-state index in [0.29, 0.717) is 25.0 Å². The van der Waals surface area contributed by atoms with Gasteiger partial charge >= 0.3 is 0 Å². The van der Waals surface area contributed by atoms with Crippen LogP contribution >= 0.6 is 24.0 Å². The number of hydrogen-bond acceptors (Lipinski definition) is 4. The van der Waals surface area contributed by atoms with Crippen LogP contribution in [0.3, 0.4) is 0 Å². The molecule has 3 N–H and O–H groups in total. The van der Waals surface area contributed by atoms with Gasteiger partial charge in [-0.05, 0) is 35.6 Å². The number of nitrogens with one attached hydrogen (secondary N) is 1. The molecule has 1 aliphatic rings. The molecule has 1 saturated heterocycles. The number of hydrogen-bond donors (Lipinski definition) is 2. The summed E-state index contributed by atoms with van der Waals surface area (Å²) in [4.78, 5) is 8.76. The average molecular weight is 496 g/mol. The van der Waals surface area contributed by atoms with Crippen molar-refractivity contribution in [3.63, 3.8) is 0 Å². The van der Waals surface area contributed by atoms with Crippen molar-refractivity contribution in [3.05, 3.63) is 53.2 Å². The lowest BCUT2D eigenvalue weighted by molar-refractivity contribution is 0.138. The number of anilines is 1. The lowest BCUT2D eigenvalue weighted by atomic mass is 10.0. The molecule has 152 valence electrons. The molecule has 0 aliphatic carbocycles. The van der Waals surface area contributed by atoms with Gasteiger partial charge in [-0.1, -0.05) is 32.0 Å². The number of aliphatic imine (C=N–C) groups is 1. The molecule has 0 bridgehead atoms. The maximum Gasteiger partial charge on any atom is 0.213 e. The fourth-order valence-corrected chi connectivity index (χ4v) is 3.14. The number of halogens is 1. The van der Waals surface area contributed by atoms with Crippen LogP contribution in [0.15, 0.2) is 41.5 Å². The smallest absolute Gasteiger partial charge is 0.213 e. The third-order valence-corrected chi connectivity index (χ3v) is 4.66. The van der Waals surface area contributed by atoms with Crippen molar-refractivity contribution in [1.29, 1.82) is 0 Å². The molecule has 2 aromatic rings. The first-order chi connectivity index (χ1) is 13.2. The van der Waals surface area contributed by atoms with E-state index in [2.05, 4.69) is 47.3 Å². The minimum atomic E-state index is 0. The molecule has 7 heteroatoms. The van der Waals surface area contributed by atoms with Crippen molar-refractivity contribution < 1.29 is 9.47 Å². The summed E-state index contributed by atoms with van der Waals surface area (Å²) >= 11 is 0. The van der Waals surface area contributed by atoms with Gasteiger partial charge in [-0.2, -0.15) is 0 Å². The Hall–Kier alpha value is -1.87. The van der Waals surface area contributed by atoms with E-state index in [1.54, 1.807) is 6.20 Å². The average Bonchev–Trinajstić information content (AvgIpc) is 3.20. The first-order valence-electron chi connectivity index (χ1n) is 9.56. The third-order valence-electron chi connectivity index (χ3n) is 4.66. The van der Waals surface area contributed by atoms with Gasteiger partial charge in [-0.15, -0.1) is 24.0 Å². The zero-order valence-electron chi connectivity index (χ0n) is 16.5. The van der Waals surface area contributed by atoms with Crippen LogP contribution in [0.1, 0.15) is 37.0 Å². The second-order valence-electron chi connectivity index (χ2n) is 6.59. The molecule has 1 unspecified atom stereocenters. The molecule has 2 heterocycles. The minimum Gasteiger partial charge on any atom is -0.472 e. The first kappa shape index (κ1) is 22.4. The lowest BCUT2D eigenvalue weighted by Crippen LogP contribution is -2.24. The Morgan fingerprint density at radius 1 is 1.29 bits per heavy atom. The summed E-state index contributed by atoms with van der Waals surface area (Å²) < 4.78 is 11.2. The summed E-state index contributed by atoms with van der Waals surface area (Å²) in [6, 6.07) is 10.2. The zero-order chi connectivity index (χ0) is 19.1. The molecule has 0 radical (unpaired) electrons. The minimum absolute atomic E-state index is 0. The number of nitrogens with two attached hydrogens (primary N) is 1. The zero-order valence-corrected chi connectivity index (χ0v) is 18.8. The number of rotatable bonds is 7. The standard InChI is InChI=1S/C21H28N4O2.HI/c1-3-16-6-5-7-17(4-2)20(16)25-21(22)24-13-15-8-10-23-19(12-15)27-18-9-11-26-14-18;/h5-8,10,12,18H,3-4,9,11,13-14H2,1-2H3,(H3,22,24,25);1H. The van der Waals surface area contributed by atoms with E-state index >= 15 is 0 Å². The topological polar surface area (TPSA) is 81.8 Å². The van der Waals surface area contributed by atoms with Crippen molar-refractivity contribution >= 4 is 35.6 Å². The van der Waals surface area contributed by atoms with E-state index in [-0.39, 0.29) is 30.1 Å². The number of benzene rings is 1. The highest BCUT2D eigenvalue weighted by Gasteiger charge is 2.17. The molecule has 6 nitrogen and oxygen atoms in total. The first-order valence-corrected chi connectivity index (χ1v) is 9.56. The van der Waals surface area contributed by atoms with Crippen molar-refractivity contribution in [1.82, 2.24) is 4.98 Å². The monoisotopic (exact) mass is 496 g/mol. The quantitative estimate of drug-likeness (QED) is 0.345. The second-order valence-corrected chi connectivity index (χ2v) is 6.59. The van der Waals surface area contributed by atoms with E-state index in [9.17, 15) is 0 Å². The summed E-state index contributed by atoms with van der Waals surface area (Å²) in [6.45, 7) is 6.12. The molecule has 1 atom stereocenters. The van der Waals surface area contributed by atoms with Gasteiger partial charge in [-0.25, -0.2) is 9.98 Å². The van der Waals surface area contributed by atoms with Crippen LogP contribution < -0.4 is 15.8 Å². The van der Waals surface area contributed by atoms with Gasteiger partial charge in [-0.3, -0.25) is 0 Å². The number of guanidine groups is 1. The highest BCUT2D eigenvalue weighted by atomic mass is 127. The molecule has 1 fully saturated rings. The van der Waals surface area contributed by atoms with Crippen LogP contribution in [0, 0.1) is 0 Å². The highest BCUT2D eigenvalue weighted by molar-refractivity contribution is 14.0.